The van der Waals surface area contributed by atoms with Crippen LogP contribution in [0.3, 0.4) is 0 Å². The Bertz CT molecular complexity index is 924. The van der Waals surface area contributed by atoms with Gasteiger partial charge in [0.1, 0.15) is 4.90 Å². The topological polar surface area (TPSA) is 106 Å². The highest BCUT2D eigenvalue weighted by molar-refractivity contribution is 7.89. The molecule has 1 N–H and O–H groups in total. The summed E-state index contributed by atoms with van der Waals surface area (Å²) in [5.41, 5.74) is 0. The summed E-state index contributed by atoms with van der Waals surface area (Å²) in [4.78, 5) is 29.4. The Morgan fingerprint density at radius 2 is 2.07 bits per heavy atom. The molecule has 0 radical (unpaired) electrons. The number of hydrogen-bond acceptors (Lipinski definition) is 7. The summed E-state index contributed by atoms with van der Waals surface area (Å²) in [7, 11) is -2.30. The maximum absolute atomic E-state index is 12.8. The summed E-state index contributed by atoms with van der Waals surface area (Å²) in [5.74, 6) is -0.887. The van der Waals surface area contributed by atoms with E-state index in [1.807, 2.05) is 17.5 Å². The van der Waals surface area contributed by atoms with Crippen molar-refractivity contribution in [2.75, 3.05) is 20.2 Å². The number of piperidine rings is 1. The van der Waals surface area contributed by atoms with E-state index in [1.54, 1.807) is 6.07 Å². The fraction of sp³-hybridized carbons (Fsp3) is 0.421. The summed E-state index contributed by atoms with van der Waals surface area (Å²) in [5, 5.41) is 4.81. The number of methoxy groups -OCH3 is 1. The molecule has 0 spiro atoms. The standard InChI is InChI=1S/C19H23N3O5S2/c1-27-18(23)12-16(17-5-3-11-28-17)21-19(24)14-6-9-22(10-7-14)29(25,26)15-4-2-8-20-13-15/h2-5,8,11,13-14,16H,6-7,9-10,12H2,1H3,(H,21,24). The highest BCUT2D eigenvalue weighted by Gasteiger charge is 2.33. The molecular formula is C19H23N3O5S2. The van der Waals surface area contributed by atoms with Gasteiger partial charge in [-0.25, -0.2) is 8.42 Å². The van der Waals surface area contributed by atoms with Crippen molar-refractivity contribution in [1.29, 1.82) is 0 Å². The van der Waals surface area contributed by atoms with Crippen LogP contribution >= 0.6 is 11.3 Å². The minimum Gasteiger partial charge on any atom is -0.469 e. The van der Waals surface area contributed by atoms with Crippen LogP contribution in [0.1, 0.15) is 30.2 Å². The highest BCUT2D eigenvalue weighted by atomic mass is 32.2. The van der Waals surface area contributed by atoms with Crippen LogP contribution in [0.5, 0.6) is 0 Å². The molecule has 1 unspecified atom stereocenters. The van der Waals surface area contributed by atoms with Crippen molar-refractivity contribution in [2.45, 2.75) is 30.2 Å². The average Bonchev–Trinajstić information content (AvgIpc) is 3.28. The van der Waals surface area contributed by atoms with Crippen molar-refractivity contribution < 1.29 is 22.7 Å². The second-order valence-electron chi connectivity index (χ2n) is 6.72. The SMILES string of the molecule is COC(=O)CC(NC(=O)C1CCN(S(=O)(=O)c2cccnc2)CC1)c1cccs1. The molecule has 1 aliphatic heterocycles. The van der Waals surface area contributed by atoms with E-state index in [2.05, 4.69) is 10.3 Å². The van der Waals surface area contributed by atoms with Gasteiger partial charge in [0.15, 0.2) is 0 Å². The van der Waals surface area contributed by atoms with Gasteiger partial charge in [-0.2, -0.15) is 4.31 Å². The molecule has 1 atom stereocenters. The Hall–Kier alpha value is -2.30. The molecule has 10 heteroatoms. The molecular weight excluding hydrogens is 414 g/mol. The lowest BCUT2D eigenvalue weighted by atomic mass is 9.96. The van der Waals surface area contributed by atoms with Crippen molar-refractivity contribution in [2.24, 2.45) is 5.92 Å². The molecule has 3 rings (SSSR count). The van der Waals surface area contributed by atoms with E-state index in [0.717, 1.165) is 4.88 Å². The number of pyridine rings is 1. The van der Waals surface area contributed by atoms with Gasteiger partial charge in [0.2, 0.25) is 15.9 Å². The number of nitrogens with zero attached hydrogens (tertiary/aromatic N) is 2. The number of hydrogen-bond donors (Lipinski definition) is 1. The number of ether oxygens (including phenoxy) is 1. The minimum absolute atomic E-state index is 0.0526. The van der Waals surface area contributed by atoms with Crippen LogP contribution in [0.15, 0.2) is 46.9 Å². The first-order chi connectivity index (χ1) is 13.9. The van der Waals surface area contributed by atoms with Gasteiger partial charge in [-0.1, -0.05) is 6.07 Å². The lowest BCUT2D eigenvalue weighted by Crippen LogP contribution is -2.43. The Morgan fingerprint density at radius 3 is 2.66 bits per heavy atom. The number of rotatable bonds is 7. The van der Waals surface area contributed by atoms with Gasteiger partial charge in [-0.3, -0.25) is 14.6 Å². The van der Waals surface area contributed by atoms with Crippen LogP contribution in [-0.2, 0) is 24.3 Å². The van der Waals surface area contributed by atoms with Crippen molar-refractivity contribution >= 4 is 33.2 Å². The summed E-state index contributed by atoms with van der Waals surface area (Å²) >= 11 is 1.46. The number of amides is 1. The van der Waals surface area contributed by atoms with Crippen molar-refractivity contribution in [3.05, 3.63) is 46.9 Å². The summed E-state index contributed by atoms with van der Waals surface area (Å²) in [6.45, 7) is 0.520. The summed E-state index contributed by atoms with van der Waals surface area (Å²) < 4.78 is 31.5. The molecule has 1 amide bonds. The highest BCUT2D eigenvalue weighted by Crippen LogP contribution is 2.26. The number of carbonyl (C=O) groups excluding carboxylic acids is 2. The molecule has 0 aromatic carbocycles. The van der Waals surface area contributed by atoms with Gasteiger partial charge in [-0.15, -0.1) is 11.3 Å². The number of esters is 1. The predicted molar refractivity (Wildman–Crippen MR) is 108 cm³/mol. The van der Waals surface area contributed by atoms with Crippen LogP contribution in [0.2, 0.25) is 0 Å². The monoisotopic (exact) mass is 437 g/mol. The first-order valence-corrected chi connectivity index (χ1v) is 11.5. The van der Waals surface area contributed by atoms with Crippen molar-refractivity contribution in [1.82, 2.24) is 14.6 Å². The van der Waals surface area contributed by atoms with Crippen LogP contribution in [-0.4, -0.2) is 49.8 Å². The van der Waals surface area contributed by atoms with Gasteiger partial charge in [0.25, 0.3) is 0 Å². The smallest absolute Gasteiger partial charge is 0.307 e. The van der Waals surface area contributed by atoms with E-state index in [9.17, 15) is 18.0 Å². The number of thiophene rings is 1. The zero-order valence-electron chi connectivity index (χ0n) is 16.0. The molecule has 0 aliphatic carbocycles. The van der Waals surface area contributed by atoms with Crippen LogP contribution in [0.4, 0.5) is 0 Å². The maximum Gasteiger partial charge on any atom is 0.307 e. The third-order valence-electron chi connectivity index (χ3n) is 4.90. The van der Waals surface area contributed by atoms with Gasteiger partial charge >= 0.3 is 5.97 Å². The molecule has 3 heterocycles. The Balaban J connectivity index is 1.61. The third kappa shape index (κ3) is 5.20. The maximum atomic E-state index is 12.8. The second-order valence-corrected chi connectivity index (χ2v) is 9.64. The summed E-state index contributed by atoms with van der Waals surface area (Å²) in [6.07, 6.45) is 3.74. The van der Waals surface area contributed by atoms with Crippen molar-refractivity contribution in [3.8, 4) is 0 Å². The zero-order chi connectivity index (χ0) is 20.9. The number of carbonyl (C=O) groups is 2. The molecule has 0 saturated carbocycles. The minimum atomic E-state index is -3.61. The second kappa shape index (κ2) is 9.47. The van der Waals surface area contributed by atoms with Gasteiger partial charge in [0.05, 0.1) is 19.6 Å². The molecule has 2 aromatic heterocycles. The molecule has 8 nitrogen and oxygen atoms in total. The first kappa shape index (κ1) is 21.4. The lowest BCUT2D eigenvalue weighted by molar-refractivity contribution is -0.141. The number of aromatic nitrogens is 1. The fourth-order valence-corrected chi connectivity index (χ4v) is 5.47. The molecule has 0 bridgehead atoms. The van der Waals surface area contributed by atoms with E-state index in [1.165, 1.54) is 41.2 Å². The van der Waals surface area contributed by atoms with E-state index in [0.29, 0.717) is 12.8 Å². The largest absolute Gasteiger partial charge is 0.469 e. The first-order valence-electron chi connectivity index (χ1n) is 9.22. The van der Waals surface area contributed by atoms with Crippen molar-refractivity contribution in [3.63, 3.8) is 0 Å². The Kier molecular flexibility index (Phi) is 6.99. The summed E-state index contributed by atoms with van der Waals surface area (Å²) in [6, 6.07) is 6.37. The lowest BCUT2D eigenvalue weighted by Gasteiger charge is -2.31. The molecule has 1 aliphatic rings. The third-order valence-corrected chi connectivity index (χ3v) is 7.77. The quantitative estimate of drug-likeness (QED) is 0.664. The van der Waals surface area contributed by atoms with Gasteiger partial charge in [0, 0.05) is 36.3 Å². The van der Waals surface area contributed by atoms with Gasteiger partial charge < -0.3 is 10.1 Å². The van der Waals surface area contributed by atoms with E-state index in [4.69, 9.17) is 4.74 Å². The van der Waals surface area contributed by atoms with Crippen LogP contribution < -0.4 is 5.32 Å². The predicted octanol–water partition coefficient (Wildman–Crippen LogP) is 1.96. The zero-order valence-corrected chi connectivity index (χ0v) is 17.6. The van der Waals surface area contributed by atoms with Gasteiger partial charge in [-0.05, 0) is 36.4 Å². The van der Waals surface area contributed by atoms with E-state index >= 15 is 0 Å². The van der Waals surface area contributed by atoms with Crippen LogP contribution in [0, 0.1) is 5.92 Å². The fourth-order valence-electron chi connectivity index (χ4n) is 3.26. The van der Waals surface area contributed by atoms with E-state index < -0.39 is 22.0 Å². The molecule has 2 aromatic rings. The molecule has 1 saturated heterocycles. The number of nitrogens with one attached hydrogen (secondary N) is 1. The molecule has 29 heavy (non-hydrogen) atoms. The normalized spacial score (nSPS) is 16.9. The molecule has 1 fully saturated rings. The Morgan fingerprint density at radius 1 is 1.31 bits per heavy atom. The average molecular weight is 438 g/mol. The van der Waals surface area contributed by atoms with Crippen LogP contribution in [0.25, 0.3) is 0 Å². The number of sulfonamides is 1. The van der Waals surface area contributed by atoms with E-state index in [-0.39, 0.29) is 36.2 Å². The Labute approximate surface area is 173 Å². The molecule has 156 valence electrons.